The van der Waals surface area contributed by atoms with Crippen LogP contribution in [0.25, 0.3) is 116 Å². The molecule has 0 saturated carbocycles. The number of fused-ring (bicyclic) bond motifs is 18. The second kappa shape index (κ2) is 15.8. The predicted octanol–water partition coefficient (Wildman–Crippen LogP) is 17.3. The van der Waals surface area contributed by atoms with Gasteiger partial charge in [-0.3, -0.25) is 0 Å². The first-order valence-corrected chi connectivity index (χ1v) is 25.8. The van der Waals surface area contributed by atoms with Gasteiger partial charge in [0, 0.05) is 60.4 Å². The molecule has 0 N–H and O–H groups in total. The molecular formula is C69H42N6O. The Morgan fingerprint density at radius 3 is 1.46 bits per heavy atom. The van der Waals surface area contributed by atoms with Crippen molar-refractivity contribution in [2.45, 2.75) is 18.9 Å². The van der Waals surface area contributed by atoms with Crippen LogP contribution in [0.4, 0.5) is 11.4 Å². The Balaban J connectivity index is 1.18. The molecule has 0 spiro atoms. The van der Waals surface area contributed by atoms with E-state index in [0.29, 0.717) is 28.2 Å². The molecule has 7 nitrogen and oxygen atoms in total. The average Bonchev–Trinajstić information content (AvgIpc) is 4.47. The Hall–Kier alpha value is -10.3. The normalized spacial score (nSPS) is 15.0. The molecule has 16 rings (SSSR count). The lowest BCUT2D eigenvalue weighted by molar-refractivity contribution is 0.656. The number of hydrogen-bond donors (Lipinski definition) is 0. The molecule has 14 aromatic rings. The number of hydrogen-bond acceptors (Lipinski definition) is 4. The van der Waals surface area contributed by atoms with E-state index in [1.807, 2.05) is 6.07 Å². The van der Waals surface area contributed by atoms with E-state index in [-0.39, 0.29) is 12.0 Å². The number of rotatable bonds is 5. The molecule has 0 radical (unpaired) electrons. The Morgan fingerprint density at radius 2 is 0.908 bits per heavy atom. The van der Waals surface area contributed by atoms with Crippen molar-refractivity contribution < 1.29 is 4.42 Å². The minimum absolute atomic E-state index is 0.227. The molecule has 2 unspecified atom stereocenters. The third-order valence-electron chi connectivity index (χ3n) is 16.3. The maximum Gasteiger partial charge on any atom is 0.143 e. The van der Waals surface area contributed by atoms with Gasteiger partial charge in [0.2, 0.25) is 0 Å². The second-order valence-electron chi connectivity index (χ2n) is 20.1. The Labute approximate surface area is 436 Å². The number of furan rings is 1. The molecule has 10 aromatic carbocycles. The zero-order chi connectivity index (χ0) is 50.3. The highest BCUT2D eigenvalue weighted by atomic mass is 16.3. The summed E-state index contributed by atoms with van der Waals surface area (Å²) < 4.78 is 14.2. The van der Waals surface area contributed by atoms with Crippen molar-refractivity contribution in [3.8, 4) is 40.3 Å². The molecule has 354 valence electrons. The van der Waals surface area contributed by atoms with Gasteiger partial charge >= 0.3 is 0 Å². The standard InChI is InChI=1S/C69H42N6O/c1-41-35-37-42(38-36-41)60-65(73-53-28-12-5-21-44(53)45-22-6-13-29-54(45)73)51(39-70)64(52(40-71)66(60)74-55-30-14-7-23-46(55)47-24-8-15-31-56(47)74)75-58-33-17-10-26-49(58)62-68(75)61-48-25-9-16-32-57(48)72(43-19-3-2-4-20-43)67(61)63-50-27-11-18-34-59(50)76-69(62)63/h2-38,49,58H,1H3. The average molecular weight is 971 g/mol. The number of para-hydroxylation sites is 7. The van der Waals surface area contributed by atoms with E-state index in [2.05, 4.69) is 256 Å². The van der Waals surface area contributed by atoms with E-state index < -0.39 is 0 Å². The van der Waals surface area contributed by atoms with Crippen LogP contribution in [0, 0.1) is 29.6 Å². The summed E-state index contributed by atoms with van der Waals surface area (Å²) >= 11 is 0. The number of anilines is 2. The molecule has 0 saturated heterocycles. The first-order valence-electron chi connectivity index (χ1n) is 25.8. The Bertz CT molecular complexity index is 4730. The van der Waals surface area contributed by atoms with Gasteiger partial charge in [-0.2, -0.15) is 10.5 Å². The maximum atomic E-state index is 12.6. The fourth-order valence-corrected chi connectivity index (χ4v) is 13.3. The van der Waals surface area contributed by atoms with Crippen molar-refractivity contribution >= 4 is 98.7 Å². The summed E-state index contributed by atoms with van der Waals surface area (Å²) in [4.78, 5) is 2.36. The molecule has 0 fully saturated rings. The van der Waals surface area contributed by atoms with E-state index in [1.54, 1.807) is 0 Å². The van der Waals surface area contributed by atoms with Gasteiger partial charge < -0.3 is 23.0 Å². The number of allylic oxidation sites excluding steroid dienone is 2. The second-order valence-corrected chi connectivity index (χ2v) is 20.1. The van der Waals surface area contributed by atoms with E-state index >= 15 is 0 Å². The number of nitriles is 2. The minimum Gasteiger partial charge on any atom is -0.456 e. The maximum absolute atomic E-state index is 12.6. The molecule has 7 heteroatoms. The molecule has 1 aliphatic heterocycles. The third kappa shape index (κ3) is 5.53. The molecule has 4 aromatic heterocycles. The van der Waals surface area contributed by atoms with Gasteiger partial charge in [0.05, 0.1) is 67.3 Å². The summed E-state index contributed by atoms with van der Waals surface area (Å²) in [6.45, 7) is 2.10. The van der Waals surface area contributed by atoms with Crippen molar-refractivity contribution in [1.82, 2.24) is 13.7 Å². The van der Waals surface area contributed by atoms with Crippen LogP contribution in [0.3, 0.4) is 0 Å². The highest BCUT2D eigenvalue weighted by molar-refractivity contribution is 6.31. The summed E-state index contributed by atoms with van der Waals surface area (Å²) in [5.74, 6) is -0.227. The summed E-state index contributed by atoms with van der Waals surface area (Å²) in [5.41, 5.74) is 15.9. The van der Waals surface area contributed by atoms with Crippen LogP contribution < -0.4 is 4.90 Å². The smallest absolute Gasteiger partial charge is 0.143 e. The highest BCUT2D eigenvalue weighted by Gasteiger charge is 2.46. The summed E-state index contributed by atoms with van der Waals surface area (Å²) in [6.07, 6.45) is 8.77. The van der Waals surface area contributed by atoms with Gasteiger partial charge in [-0.05, 0) is 61.0 Å². The molecule has 0 amide bonds. The van der Waals surface area contributed by atoms with E-state index in [9.17, 15) is 10.5 Å². The van der Waals surface area contributed by atoms with Crippen molar-refractivity contribution in [3.05, 3.63) is 247 Å². The van der Waals surface area contributed by atoms with Gasteiger partial charge in [0.25, 0.3) is 0 Å². The first kappa shape index (κ1) is 42.2. The lowest BCUT2D eigenvalue weighted by Crippen LogP contribution is -2.31. The van der Waals surface area contributed by atoms with E-state index in [0.717, 1.165) is 121 Å². The van der Waals surface area contributed by atoms with Gasteiger partial charge in [-0.1, -0.05) is 182 Å². The Morgan fingerprint density at radius 1 is 0.434 bits per heavy atom. The van der Waals surface area contributed by atoms with Crippen LogP contribution >= 0.6 is 0 Å². The van der Waals surface area contributed by atoms with Gasteiger partial charge in [0.15, 0.2) is 0 Å². The molecule has 2 aliphatic rings. The molecular weight excluding hydrogens is 929 g/mol. The summed E-state index contributed by atoms with van der Waals surface area (Å²) in [6, 6.07) is 75.5. The molecule has 2 atom stereocenters. The van der Waals surface area contributed by atoms with Crippen LogP contribution in [0.1, 0.15) is 28.2 Å². The van der Waals surface area contributed by atoms with E-state index in [4.69, 9.17) is 4.42 Å². The van der Waals surface area contributed by atoms with Crippen LogP contribution in [-0.4, -0.2) is 19.7 Å². The lowest BCUT2D eigenvalue weighted by atomic mass is 9.88. The van der Waals surface area contributed by atoms with Crippen molar-refractivity contribution in [2.75, 3.05) is 4.90 Å². The molecule has 0 bridgehead atoms. The first-order chi connectivity index (χ1) is 37.6. The highest BCUT2D eigenvalue weighted by Crippen LogP contribution is 2.60. The van der Waals surface area contributed by atoms with Gasteiger partial charge in [0.1, 0.15) is 34.4 Å². The summed E-state index contributed by atoms with van der Waals surface area (Å²) in [7, 11) is 0. The molecule has 5 heterocycles. The molecule has 76 heavy (non-hydrogen) atoms. The zero-order valence-corrected chi connectivity index (χ0v) is 41.1. The van der Waals surface area contributed by atoms with Gasteiger partial charge in [-0.25, -0.2) is 0 Å². The Kier molecular flexibility index (Phi) is 8.79. The number of aryl methyl sites for hydroxylation is 1. The topological polar surface area (TPSA) is 78.8 Å². The number of nitrogens with zero attached hydrogens (tertiary/aromatic N) is 6. The summed E-state index contributed by atoms with van der Waals surface area (Å²) in [5, 5.41) is 33.6. The zero-order valence-electron chi connectivity index (χ0n) is 41.1. The number of aromatic nitrogens is 3. The van der Waals surface area contributed by atoms with Crippen molar-refractivity contribution in [3.63, 3.8) is 0 Å². The quantitative estimate of drug-likeness (QED) is 0.172. The fourth-order valence-electron chi connectivity index (χ4n) is 13.3. The van der Waals surface area contributed by atoms with Crippen LogP contribution in [-0.2, 0) is 0 Å². The van der Waals surface area contributed by atoms with Crippen LogP contribution in [0.5, 0.6) is 0 Å². The third-order valence-corrected chi connectivity index (χ3v) is 16.3. The fraction of sp³-hybridized carbons (Fsp3) is 0.0435. The lowest BCUT2D eigenvalue weighted by Gasteiger charge is -2.33. The SMILES string of the molecule is Cc1ccc(-c2c(-n3c4ccccc4c4ccccc43)c(C#N)c(N3c4c(c5oc6ccccc6c5c5c4c4ccccc4n5-c4ccccc4)C4C=CC=CC43)c(C#N)c2-n2c3ccccc3c3ccccc32)cc1. The monoisotopic (exact) mass is 970 g/mol. The largest absolute Gasteiger partial charge is 0.456 e. The van der Waals surface area contributed by atoms with Gasteiger partial charge in [-0.15, -0.1) is 0 Å². The van der Waals surface area contributed by atoms with Crippen molar-refractivity contribution in [2.24, 2.45) is 0 Å². The van der Waals surface area contributed by atoms with Crippen molar-refractivity contribution in [1.29, 1.82) is 10.5 Å². The van der Waals surface area contributed by atoms with Crippen LogP contribution in [0.2, 0.25) is 0 Å². The van der Waals surface area contributed by atoms with E-state index in [1.165, 1.54) is 0 Å². The number of benzene rings is 10. The van der Waals surface area contributed by atoms with Crippen LogP contribution in [0.15, 0.2) is 229 Å². The molecule has 1 aliphatic carbocycles. The minimum atomic E-state index is -0.373. The predicted molar refractivity (Wildman–Crippen MR) is 310 cm³/mol.